The monoisotopic (exact) mass is 559 g/mol. The topological polar surface area (TPSA) is 107 Å². The van der Waals surface area contributed by atoms with Crippen molar-refractivity contribution < 1.29 is 19.1 Å². The number of fused-ring (bicyclic) bond motifs is 1. The molecule has 0 saturated heterocycles. The molecule has 2 heterocycles. The molecule has 1 unspecified atom stereocenters. The van der Waals surface area contributed by atoms with Crippen LogP contribution in [0.25, 0.3) is 0 Å². The number of aromatic nitrogens is 3. The zero-order valence-corrected chi connectivity index (χ0v) is 22.2. The standard InChI is InChI=1S/C24H26BrN5O4S/c1-13(2)21(27-23(32)15-5-8-18-19(10-15)34-12-33-18)22-28-29-24(30(22)4)35-11-20(31)26-16-6-7-17(25)14(3)9-16/h5-10,13,21H,11-12H2,1-4H3,(H,26,31)(H,27,32). The van der Waals surface area contributed by atoms with Gasteiger partial charge in [0.25, 0.3) is 5.91 Å². The van der Waals surface area contributed by atoms with E-state index in [9.17, 15) is 9.59 Å². The van der Waals surface area contributed by atoms with Gasteiger partial charge in [-0.15, -0.1) is 10.2 Å². The summed E-state index contributed by atoms with van der Waals surface area (Å²) in [5, 5.41) is 15.1. The number of ether oxygens (including phenoxy) is 2. The van der Waals surface area contributed by atoms with Gasteiger partial charge in [-0.2, -0.15) is 0 Å². The third kappa shape index (κ3) is 5.79. The second kappa shape index (κ2) is 10.7. The summed E-state index contributed by atoms with van der Waals surface area (Å²) in [6, 6.07) is 10.4. The largest absolute Gasteiger partial charge is 0.454 e. The fraction of sp³-hybridized carbons (Fsp3) is 0.333. The minimum atomic E-state index is -0.376. The van der Waals surface area contributed by atoms with E-state index in [0.717, 1.165) is 15.7 Å². The lowest BCUT2D eigenvalue weighted by molar-refractivity contribution is -0.113. The van der Waals surface area contributed by atoms with Crippen LogP contribution in [-0.2, 0) is 11.8 Å². The number of rotatable bonds is 8. The minimum absolute atomic E-state index is 0.0534. The SMILES string of the molecule is Cc1cc(NC(=O)CSc2nnc(C(NC(=O)c3ccc4c(c3)OCO4)C(C)C)n2C)ccc1Br. The van der Waals surface area contributed by atoms with Crippen LogP contribution in [0.3, 0.4) is 0 Å². The number of hydrogen-bond acceptors (Lipinski definition) is 7. The van der Waals surface area contributed by atoms with Gasteiger partial charge in [0.1, 0.15) is 0 Å². The Kier molecular flexibility index (Phi) is 7.66. The van der Waals surface area contributed by atoms with E-state index in [1.165, 1.54) is 11.8 Å². The summed E-state index contributed by atoms with van der Waals surface area (Å²) in [4.78, 5) is 25.4. The fourth-order valence-electron chi connectivity index (χ4n) is 3.56. The average Bonchev–Trinajstić information content (AvgIpc) is 3.44. The number of carbonyl (C=O) groups is 2. The molecule has 11 heteroatoms. The lowest BCUT2D eigenvalue weighted by atomic mass is 10.0. The van der Waals surface area contributed by atoms with Crippen LogP contribution < -0.4 is 20.1 Å². The molecule has 2 N–H and O–H groups in total. The number of nitrogens with zero attached hydrogens (tertiary/aromatic N) is 3. The first-order valence-electron chi connectivity index (χ1n) is 11.0. The molecule has 0 radical (unpaired) electrons. The van der Waals surface area contributed by atoms with E-state index >= 15 is 0 Å². The Labute approximate surface area is 216 Å². The molecule has 3 aromatic rings. The second-order valence-electron chi connectivity index (χ2n) is 8.46. The molecule has 0 saturated carbocycles. The van der Waals surface area contributed by atoms with Gasteiger partial charge in [-0.05, 0) is 54.8 Å². The highest BCUT2D eigenvalue weighted by Crippen LogP contribution is 2.33. The molecule has 1 aliphatic heterocycles. The van der Waals surface area contributed by atoms with Crippen molar-refractivity contribution >= 4 is 45.2 Å². The number of halogens is 1. The van der Waals surface area contributed by atoms with Crippen LogP contribution in [0.2, 0.25) is 0 Å². The van der Waals surface area contributed by atoms with E-state index in [1.54, 1.807) is 18.2 Å². The molecule has 9 nitrogen and oxygen atoms in total. The van der Waals surface area contributed by atoms with Crippen molar-refractivity contribution in [2.75, 3.05) is 17.9 Å². The Bertz CT molecular complexity index is 1260. The molecule has 1 aromatic heterocycles. The van der Waals surface area contributed by atoms with E-state index in [0.29, 0.717) is 28.0 Å². The van der Waals surface area contributed by atoms with Gasteiger partial charge in [0.05, 0.1) is 11.8 Å². The highest BCUT2D eigenvalue weighted by molar-refractivity contribution is 9.10. The Morgan fingerprint density at radius 3 is 2.66 bits per heavy atom. The number of amides is 2. The summed E-state index contributed by atoms with van der Waals surface area (Å²) < 4.78 is 13.5. The van der Waals surface area contributed by atoms with Crippen molar-refractivity contribution in [1.29, 1.82) is 0 Å². The molecule has 2 amide bonds. The van der Waals surface area contributed by atoms with Crippen LogP contribution in [0, 0.1) is 12.8 Å². The number of benzene rings is 2. The molecule has 0 aliphatic carbocycles. The highest BCUT2D eigenvalue weighted by atomic mass is 79.9. The maximum absolute atomic E-state index is 13.0. The number of nitrogens with one attached hydrogen (secondary N) is 2. The van der Waals surface area contributed by atoms with Gasteiger partial charge in [0.15, 0.2) is 22.5 Å². The van der Waals surface area contributed by atoms with E-state index in [4.69, 9.17) is 9.47 Å². The van der Waals surface area contributed by atoms with Crippen molar-refractivity contribution in [2.24, 2.45) is 13.0 Å². The molecule has 4 rings (SSSR count). The number of hydrogen-bond donors (Lipinski definition) is 2. The van der Waals surface area contributed by atoms with Crippen molar-refractivity contribution in [3.63, 3.8) is 0 Å². The Morgan fingerprint density at radius 1 is 1.14 bits per heavy atom. The number of thioether (sulfide) groups is 1. The maximum Gasteiger partial charge on any atom is 0.252 e. The molecule has 0 bridgehead atoms. The van der Waals surface area contributed by atoms with Crippen molar-refractivity contribution in [3.05, 3.63) is 57.8 Å². The third-order valence-electron chi connectivity index (χ3n) is 5.51. The minimum Gasteiger partial charge on any atom is -0.454 e. The number of aryl methyl sites for hydroxylation is 1. The van der Waals surface area contributed by atoms with Gasteiger partial charge in [-0.3, -0.25) is 9.59 Å². The highest BCUT2D eigenvalue weighted by Gasteiger charge is 2.26. The zero-order chi connectivity index (χ0) is 25.1. The van der Waals surface area contributed by atoms with Crippen LogP contribution in [-0.4, -0.2) is 39.1 Å². The first kappa shape index (κ1) is 25.1. The van der Waals surface area contributed by atoms with Crippen LogP contribution in [0.4, 0.5) is 5.69 Å². The van der Waals surface area contributed by atoms with E-state index in [1.807, 2.05) is 50.6 Å². The molecule has 0 spiro atoms. The van der Waals surface area contributed by atoms with Gasteiger partial charge >= 0.3 is 0 Å². The maximum atomic E-state index is 13.0. The summed E-state index contributed by atoms with van der Waals surface area (Å²) in [5.41, 5.74) is 2.24. The van der Waals surface area contributed by atoms with Crippen molar-refractivity contribution in [2.45, 2.75) is 32.0 Å². The molecule has 1 atom stereocenters. The quantitative estimate of drug-likeness (QED) is 0.392. The van der Waals surface area contributed by atoms with E-state index in [-0.39, 0.29) is 36.3 Å². The van der Waals surface area contributed by atoms with Gasteiger partial charge in [-0.1, -0.05) is 41.5 Å². The van der Waals surface area contributed by atoms with Gasteiger partial charge in [-0.25, -0.2) is 0 Å². The number of carbonyl (C=O) groups excluding carboxylic acids is 2. The van der Waals surface area contributed by atoms with Gasteiger partial charge in [0, 0.05) is 22.8 Å². The third-order valence-corrected chi connectivity index (χ3v) is 7.42. The molecule has 2 aromatic carbocycles. The van der Waals surface area contributed by atoms with Crippen molar-refractivity contribution in [3.8, 4) is 11.5 Å². The summed E-state index contributed by atoms with van der Waals surface area (Å²) >= 11 is 4.74. The zero-order valence-electron chi connectivity index (χ0n) is 19.8. The first-order chi connectivity index (χ1) is 16.7. The van der Waals surface area contributed by atoms with Gasteiger partial charge in [0.2, 0.25) is 12.7 Å². The summed E-state index contributed by atoms with van der Waals surface area (Å²) in [7, 11) is 1.83. The molecule has 1 aliphatic rings. The molecule has 184 valence electrons. The summed E-state index contributed by atoms with van der Waals surface area (Å²) in [6.07, 6.45) is 0. The Hall–Kier alpha value is -3.05. The van der Waals surface area contributed by atoms with Crippen LogP contribution in [0.15, 0.2) is 46.0 Å². The average molecular weight is 560 g/mol. The Balaban J connectivity index is 1.41. The van der Waals surface area contributed by atoms with Crippen LogP contribution in [0.5, 0.6) is 11.5 Å². The molecule has 0 fully saturated rings. The first-order valence-corrected chi connectivity index (χ1v) is 12.8. The summed E-state index contributed by atoms with van der Waals surface area (Å²) in [5.74, 6) is 1.63. The smallest absolute Gasteiger partial charge is 0.252 e. The van der Waals surface area contributed by atoms with E-state index < -0.39 is 0 Å². The number of anilines is 1. The van der Waals surface area contributed by atoms with Crippen LogP contribution in [0.1, 0.15) is 41.6 Å². The fourth-order valence-corrected chi connectivity index (χ4v) is 4.53. The molecule has 35 heavy (non-hydrogen) atoms. The lowest BCUT2D eigenvalue weighted by Gasteiger charge is -2.21. The predicted octanol–water partition coefficient (Wildman–Crippen LogP) is 4.47. The normalized spacial score (nSPS) is 13.1. The second-order valence-corrected chi connectivity index (χ2v) is 10.3. The molecular formula is C24H26BrN5O4S. The molecular weight excluding hydrogens is 534 g/mol. The predicted molar refractivity (Wildman–Crippen MR) is 137 cm³/mol. The van der Waals surface area contributed by atoms with Crippen LogP contribution >= 0.6 is 27.7 Å². The van der Waals surface area contributed by atoms with Crippen molar-refractivity contribution in [1.82, 2.24) is 20.1 Å². The Morgan fingerprint density at radius 2 is 1.91 bits per heavy atom. The summed E-state index contributed by atoms with van der Waals surface area (Å²) in [6.45, 7) is 6.11. The van der Waals surface area contributed by atoms with E-state index in [2.05, 4.69) is 36.8 Å². The lowest BCUT2D eigenvalue weighted by Crippen LogP contribution is -2.33. The van der Waals surface area contributed by atoms with Gasteiger partial charge < -0.3 is 24.7 Å².